The second-order valence-electron chi connectivity index (χ2n) is 2.85. The standard InChI is InChI=1S/C10H14ClNO2/c1-13-7-12(8-14-2)10-5-3-9(11)4-6-10/h3-6H,7-8H2,1-2H3. The molecule has 0 radical (unpaired) electrons. The fourth-order valence-electron chi connectivity index (χ4n) is 1.15. The predicted molar refractivity (Wildman–Crippen MR) is 57.7 cm³/mol. The fourth-order valence-corrected chi connectivity index (χ4v) is 1.28. The quantitative estimate of drug-likeness (QED) is 0.704. The maximum atomic E-state index is 5.79. The lowest BCUT2D eigenvalue weighted by molar-refractivity contribution is 0.140. The number of hydrogen-bond donors (Lipinski definition) is 0. The van der Waals surface area contributed by atoms with E-state index in [-0.39, 0.29) is 0 Å². The summed E-state index contributed by atoms with van der Waals surface area (Å²) >= 11 is 5.79. The number of anilines is 1. The minimum Gasteiger partial charge on any atom is -0.364 e. The summed E-state index contributed by atoms with van der Waals surface area (Å²) in [5.41, 5.74) is 1.03. The van der Waals surface area contributed by atoms with E-state index in [0.717, 1.165) is 10.7 Å². The Morgan fingerprint density at radius 1 is 1.07 bits per heavy atom. The van der Waals surface area contributed by atoms with Gasteiger partial charge < -0.3 is 14.4 Å². The van der Waals surface area contributed by atoms with Crippen LogP contribution >= 0.6 is 11.6 Å². The molecule has 0 bridgehead atoms. The first-order valence-corrected chi connectivity index (χ1v) is 4.64. The lowest BCUT2D eigenvalue weighted by atomic mass is 10.3. The number of rotatable bonds is 5. The third kappa shape index (κ3) is 3.18. The van der Waals surface area contributed by atoms with Crippen molar-refractivity contribution >= 4 is 17.3 Å². The van der Waals surface area contributed by atoms with E-state index in [1.54, 1.807) is 14.2 Å². The molecule has 0 saturated carbocycles. The number of benzene rings is 1. The largest absolute Gasteiger partial charge is 0.364 e. The average Bonchev–Trinajstić information content (AvgIpc) is 2.19. The third-order valence-corrected chi connectivity index (χ3v) is 2.01. The highest BCUT2D eigenvalue weighted by Crippen LogP contribution is 2.17. The summed E-state index contributed by atoms with van der Waals surface area (Å²) in [6.45, 7) is 0.991. The molecule has 0 aromatic heterocycles. The van der Waals surface area contributed by atoms with Gasteiger partial charge in [0.05, 0.1) is 0 Å². The van der Waals surface area contributed by atoms with Crippen LogP contribution in [-0.4, -0.2) is 27.7 Å². The summed E-state index contributed by atoms with van der Waals surface area (Å²) in [4.78, 5) is 1.95. The van der Waals surface area contributed by atoms with Crippen molar-refractivity contribution in [2.45, 2.75) is 0 Å². The fraction of sp³-hybridized carbons (Fsp3) is 0.400. The molecule has 0 aliphatic carbocycles. The smallest absolute Gasteiger partial charge is 0.120 e. The second-order valence-corrected chi connectivity index (χ2v) is 3.29. The van der Waals surface area contributed by atoms with Gasteiger partial charge in [-0.25, -0.2) is 0 Å². The molecule has 0 amide bonds. The topological polar surface area (TPSA) is 21.7 Å². The molecular weight excluding hydrogens is 202 g/mol. The van der Waals surface area contributed by atoms with Crippen LogP contribution in [0.15, 0.2) is 24.3 Å². The monoisotopic (exact) mass is 215 g/mol. The molecule has 0 atom stereocenters. The van der Waals surface area contributed by atoms with Crippen LogP contribution in [0.3, 0.4) is 0 Å². The van der Waals surface area contributed by atoms with Crippen molar-refractivity contribution in [2.75, 3.05) is 32.6 Å². The molecule has 1 aromatic carbocycles. The Balaban J connectivity index is 2.71. The highest BCUT2D eigenvalue weighted by Gasteiger charge is 2.04. The van der Waals surface area contributed by atoms with Gasteiger partial charge in [0.1, 0.15) is 13.5 Å². The van der Waals surface area contributed by atoms with Gasteiger partial charge in [-0.05, 0) is 24.3 Å². The zero-order chi connectivity index (χ0) is 10.4. The first-order valence-electron chi connectivity index (χ1n) is 4.26. The average molecular weight is 216 g/mol. The van der Waals surface area contributed by atoms with Crippen LogP contribution in [0.25, 0.3) is 0 Å². The van der Waals surface area contributed by atoms with Crippen LogP contribution in [0.4, 0.5) is 5.69 Å². The van der Waals surface area contributed by atoms with Crippen LogP contribution < -0.4 is 4.90 Å². The first-order chi connectivity index (χ1) is 6.77. The first kappa shape index (κ1) is 11.3. The van der Waals surface area contributed by atoms with E-state index in [0.29, 0.717) is 13.5 Å². The Kier molecular flexibility index (Phi) is 4.73. The van der Waals surface area contributed by atoms with Gasteiger partial charge in [-0.1, -0.05) is 11.6 Å². The van der Waals surface area contributed by atoms with Crippen molar-refractivity contribution < 1.29 is 9.47 Å². The highest BCUT2D eigenvalue weighted by molar-refractivity contribution is 6.30. The van der Waals surface area contributed by atoms with E-state index >= 15 is 0 Å². The van der Waals surface area contributed by atoms with Gasteiger partial charge in [-0.3, -0.25) is 0 Å². The van der Waals surface area contributed by atoms with Crippen LogP contribution in [0, 0.1) is 0 Å². The van der Waals surface area contributed by atoms with Crippen LogP contribution in [0.5, 0.6) is 0 Å². The van der Waals surface area contributed by atoms with E-state index in [1.807, 2.05) is 29.2 Å². The van der Waals surface area contributed by atoms with Crippen molar-refractivity contribution in [1.29, 1.82) is 0 Å². The molecule has 1 aromatic rings. The molecule has 14 heavy (non-hydrogen) atoms. The van der Waals surface area contributed by atoms with Crippen molar-refractivity contribution in [3.05, 3.63) is 29.3 Å². The molecule has 4 heteroatoms. The molecule has 0 heterocycles. The number of ether oxygens (including phenoxy) is 2. The summed E-state index contributed by atoms with van der Waals surface area (Å²) in [5, 5.41) is 0.725. The number of hydrogen-bond acceptors (Lipinski definition) is 3. The summed E-state index contributed by atoms with van der Waals surface area (Å²) in [5.74, 6) is 0. The van der Waals surface area contributed by atoms with Crippen molar-refractivity contribution in [2.24, 2.45) is 0 Å². The second kappa shape index (κ2) is 5.86. The normalized spacial score (nSPS) is 10.2. The van der Waals surface area contributed by atoms with E-state index in [4.69, 9.17) is 21.1 Å². The van der Waals surface area contributed by atoms with Crippen LogP contribution in [-0.2, 0) is 9.47 Å². The van der Waals surface area contributed by atoms with E-state index in [1.165, 1.54) is 0 Å². The van der Waals surface area contributed by atoms with Crippen molar-refractivity contribution in [3.8, 4) is 0 Å². The van der Waals surface area contributed by atoms with Crippen molar-refractivity contribution in [1.82, 2.24) is 0 Å². The molecule has 0 unspecified atom stereocenters. The van der Waals surface area contributed by atoms with Gasteiger partial charge in [0.15, 0.2) is 0 Å². The summed E-state index contributed by atoms with van der Waals surface area (Å²) in [7, 11) is 3.30. The lowest BCUT2D eigenvalue weighted by Gasteiger charge is -2.22. The Morgan fingerprint density at radius 3 is 2.00 bits per heavy atom. The van der Waals surface area contributed by atoms with Crippen LogP contribution in [0.1, 0.15) is 0 Å². The predicted octanol–water partition coefficient (Wildman–Crippen LogP) is 2.35. The van der Waals surface area contributed by atoms with Gasteiger partial charge in [0, 0.05) is 24.9 Å². The lowest BCUT2D eigenvalue weighted by Crippen LogP contribution is -2.27. The van der Waals surface area contributed by atoms with Gasteiger partial charge >= 0.3 is 0 Å². The minimum absolute atomic E-state index is 0.496. The molecule has 0 aliphatic rings. The SMILES string of the molecule is COCN(COC)c1ccc(Cl)cc1. The van der Waals surface area contributed by atoms with Gasteiger partial charge in [0.2, 0.25) is 0 Å². The van der Waals surface area contributed by atoms with Gasteiger partial charge in [-0.2, -0.15) is 0 Å². The van der Waals surface area contributed by atoms with Gasteiger partial charge in [-0.15, -0.1) is 0 Å². The Bertz CT molecular complexity index is 257. The number of halogens is 1. The van der Waals surface area contributed by atoms with E-state index < -0.39 is 0 Å². The molecule has 0 saturated heterocycles. The maximum absolute atomic E-state index is 5.79. The third-order valence-electron chi connectivity index (χ3n) is 1.76. The van der Waals surface area contributed by atoms with Gasteiger partial charge in [0.25, 0.3) is 0 Å². The maximum Gasteiger partial charge on any atom is 0.120 e. The zero-order valence-electron chi connectivity index (χ0n) is 8.37. The molecule has 0 aliphatic heterocycles. The number of nitrogens with zero attached hydrogens (tertiary/aromatic N) is 1. The Morgan fingerprint density at radius 2 is 1.57 bits per heavy atom. The summed E-state index contributed by atoms with van der Waals surface area (Å²) < 4.78 is 10.1. The zero-order valence-corrected chi connectivity index (χ0v) is 9.12. The molecule has 0 N–H and O–H groups in total. The minimum atomic E-state index is 0.496. The molecule has 0 fully saturated rings. The van der Waals surface area contributed by atoms with Crippen molar-refractivity contribution in [3.63, 3.8) is 0 Å². The van der Waals surface area contributed by atoms with E-state index in [2.05, 4.69) is 0 Å². The molecule has 3 nitrogen and oxygen atoms in total. The highest BCUT2D eigenvalue weighted by atomic mass is 35.5. The Hall–Kier alpha value is -0.770. The Labute approximate surface area is 89.2 Å². The van der Waals surface area contributed by atoms with E-state index in [9.17, 15) is 0 Å². The summed E-state index contributed by atoms with van der Waals surface area (Å²) in [6, 6.07) is 7.55. The molecular formula is C10H14ClNO2. The summed E-state index contributed by atoms with van der Waals surface area (Å²) in [6.07, 6.45) is 0. The molecule has 78 valence electrons. The molecule has 0 spiro atoms. The number of methoxy groups -OCH3 is 2. The van der Waals surface area contributed by atoms with Crippen LogP contribution in [0.2, 0.25) is 5.02 Å². The molecule has 1 rings (SSSR count).